The molecule has 1 saturated heterocycles. The molecule has 0 aliphatic carbocycles. The number of hydrogen-bond donors (Lipinski definition) is 1. The maximum atomic E-state index is 4.65. The van der Waals surface area contributed by atoms with E-state index in [-0.39, 0.29) is 24.8 Å². The van der Waals surface area contributed by atoms with E-state index in [4.69, 9.17) is 0 Å². The Bertz CT molecular complexity index is 470. The summed E-state index contributed by atoms with van der Waals surface area (Å²) in [6, 6.07) is 11.9. The minimum atomic E-state index is 0. The molecule has 3 nitrogen and oxygen atoms in total. The van der Waals surface area contributed by atoms with Crippen LogP contribution in [0.15, 0.2) is 35.3 Å². The number of aliphatic imine (C=N–C) groups is 1. The Balaban J connectivity index is 0.00000121. The number of thioether (sulfide) groups is 1. The van der Waals surface area contributed by atoms with Crippen molar-refractivity contribution in [2.24, 2.45) is 4.99 Å². The summed E-state index contributed by atoms with van der Waals surface area (Å²) in [6.07, 6.45) is 3.75. The van der Waals surface area contributed by atoms with Crippen LogP contribution in [0.3, 0.4) is 0 Å². The van der Waals surface area contributed by atoms with Gasteiger partial charge in [-0.25, -0.2) is 0 Å². The van der Waals surface area contributed by atoms with Crippen molar-refractivity contribution in [1.82, 2.24) is 10.2 Å². The molecule has 2 aliphatic rings. The van der Waals surface area contributed by atoms with E-state index in [1.54, 1.807) is 0 Å². The van der Waals surface area contributed by atoms with Crippen molar-refractivity contribution < 1.29 is 0 Å². The van der Waals surface area contributed by atoms with Crippen LogP contribution in [0.5, 0.6) is 0 Å². The van der Waals surface area contributed by atoms with E-state index in [1.165, 1.54) is 30.7 Å². The Morgan fingerprint density at radius 1 is 1.27 bits per heavy atom. The fourth-order valence-electron chi connectivity index (χ4n) is 2.93. The van der Waals surface area contributed by atoms with Crippen molar-refractivity contribution in [2.75, 3.05) is 25.9 Å². The SMILES string of the molecule is CN1CCCC1CSC1=NCC(Cc2ccccc2)N1.Cl.Cl. The predicted octanol–water partition coefficient (Wildman–Crippen LogP) is 3.23. The lowest BCUT2D eigenvalue weighted by atomic mass is 10.1. The van der Waals surface area contributed by atoms with Crippen molar-refractivity contribution >= 4 is 41.7 Å². The Kier molecular flexibility index (Phi) is 8.62. The van der Waals surface area contributed by atoms with Crippen LogP contribution in [0, 0.1) is 0 Å². The number of nitrogens with zero attached hydrogens (tertiary/aromatic N) is 2. The summed E-state index contributed by atoms with van der Waals surface area (Å²) in [5, 5.41) is 4.72. The maximum absolute atomic E-state index is 4.65. The molecular weight excluding hydrogens is 337 g/mol. The largest absolute Gasteiger partial charge is 0.360 e. The lowest BCUT2D eigenvalue weighted by Gasteiger charge is -2.19. The van der Waals surface area contributed by atoms with Crippen LogP contribution in [-0.2, 0) is 6.42 Å². The average Bonchev–Trinajstić information content (AvgIpc) is 3.07. The van der Waals surface area contributed by atoms with Crippen LogP contribution in [0.1, 0.15) is 18.4 Å². The van der Waals surface area contributed by atoms with Gasteiger partial charge in [0.2, 0.25) is 0 Å². The van der Waals surface area contributed by atoms with Gasteiger partial charge in [-0.05, 0) is 38.4 Å². The van der Waals surface area contributed by atoms with Crippen molar-refractivity contribution in [2.45, 2.75) is 31.3 Å². The summed E-state index contributed by atoms with van der Waals surface area (Å²) in [4.78, 5) is 7.13. The number of halogens is 2. The molecule has 1 fully saturated rings. The fraction of sp³-hybridized carbons (Fsp3) is 0.562. The van der Waals surface area contributed by atoms with E-state index in [2.05, 4.69) is 52.6 Å². The Labute approximate surface area is 150 Å². The highest BCUT2D eigenvalue weighted by atomic mass is 35.5. The quantitative estimate of drug-likeness (QED) is 0.891. The number of amidine groups is 1. The molecule has 1 aromatic rings. The molecule has 2 unspecified atom stereocenters. The van der Waals surface area contributed by atoms with E-state index in [0.717, 1.165) is 24.2 Å². The molecule has 0 bridgehead atoms. The molecule has 0 amide bonds. The van der Waals surface area contributed by atoms with Crippen molar-refractivity contribution in [3.63, 3.8) is 0 Å². The molecule has 2 aliphatic heterocycles. The van der Waals surface area contributed by atoms with Crippen molar-refractivity contribution in [1.29, 1.82) is 0 Å². The van der Waals surface area contributed by atoms with E-state index in [9.17, 15) is 0 Å². The van der Waals surface area contributed by atoms with Gasteiger partial charge in [0.1, 0.15) is 0 Å². The third-order valence-corrected chi connectivity index (χ3v) is 5.26. The summed E-state index contributed by atoms with van der Waals surface area (Å²) in [5.74, 6) is 1.17. The van der Waals surface area contributed by atoms with E-state index in [1.807, 2.05) is 11.8 Å². The molecule has 3 rings (SSSR count). The smallest absolute Gasteiger partial charge is 0.156 e. The molecule has 0 spiro atoms. The molecule has 1 N–H and O–H groups in total. The first-order valence-electron chi connectivity index (χ1n) is 7.49. The first kappa shape index (κ1) is 19.6. The molecule has 0 saturated carbocycles. The van der Waals surface area contributed by atoms with Crippen LogP contribution < -0.4 is 5.32 Å². The minimum Gasteiger partial charge on any atom is -0.360 e. The van der Waals surface area contributed by atoms with Crippen molar-refractivity contribution in [3.05, 3.63) is 35.9 Å². The van der Waals surface area contributed by atoms with E-state index >= 15 is 0 Å². The molecule has 2 heterocycles. The monoisotopic (exact) mass is 361 g/mol. The van der Waals surface area contributed by atoms with Gasteiger partial charge in [-0.1, -0.05) is 42.1 Å². The Morgan fingerprint density at radius 2 is 2.05 bits per heavy atom. The molecule has 0 radical (unpaired) electrons. The van der Waals surface area contributed by atoms with Crippen LogP contribution in [0.4, 0.5) is 0 Å². The number of hydrogen-bond acceptors (Lipinski definition) is 4. The van der Waals surface area contributed by atoms with Gasteiger partial charge in [-0.2, -0.15) is 0 Å². The van der Waals surface area contributed by atoms with Gasteiger partial charge in [-0.15, -0.1) is 24.8 Å². The first-order chi connectivity index (χ1) is 9.81. The Hall–Kier alpha value is -0.420. The third-order valence-electron chi connectivity index (χ3n) is 4.19. The molecule has 2 atom stereocenters. The summed E-state index contributed by atoms with van der Waals surface area (Å²) >= 11 is 1.90. The lowest BCUT2D eigenvalue weighted by molar-refractivity contribution is 0.335. The van der Waals surface area contributed by atoms with Crippen LogP contribution in [-0.4, -0.2) is 48.0 Å². The summed E-state index contributed by atoms with van der Waals surface area (Å²) in [7, 11) is 2.24. The Morgan fingerprint density at radius 3 is 2.73 bits per heavy atom. The van der Waals surface area contributed by atoms with E-state index in [0.29, 0.717) is 6.04 Å². The second kappa shape index (κ2) is 9.66. The topological polar surface area (TPSA) is 27.6 Å². The molecule has 22 heavy (non-hydrogen) atoms. The number of benzene rings is 1. The normalized spacial score (nSPS) is 24.1. The molecule has 6 heteroatoms. The standard InChI is InChI=1S/C16H23N3S.2ClH/c1-19-9-5-8-15(19)12-20-16-17-11-14(18-16)10-13-6-3-2-4-7-13;;/h2-4,6-7,14-15H,5,8-12H2,1H3,(H,17,18);2*1H. The fourth-order valence-corrected chi connectivity index (χ4v) is 4.11. The van der Waals surface area contributed by atoms with Gasteiger partial charge in [0.15, 0.2) is 5.17 Å². The van der Waals surface area contributed by atoms with Gasteiger partial charge in [0.25, 0.3) is 0 Å². The van der Waals surface area contributed by atoms with Gasteiger partial charge in [0, 0.05) is 11.8 Å². The molecule has 1 aromatic carbocycles. The number of nitrogens with one attached hydrogen (secondary N) is 1. The zero-order chi connectivity index (χ0) is 13.8. The van der Waals surface area contributed by atoms with Crippen LogP contribution in [0.2, 0.25) is 0 Å². The molecule has 0 aromatic heterocycles. The highest BCUT2D eigenvalue weighted by molar-refractivity contribution is 8.13. The highest BCUT2D eigenvalue weighted by Gasteiger charge is 2.23. The average molecular weight is 362 g/mol. The van der Waals surface area contributed by atoms with E-state index < -0.39 is 0 Å². The highest BCUT2D eigenvalue weighted by Crippen LogP contribution is 2.21. The van der Waals surface area contributed by atoms with Gasteiger partial charge in [0.05, 0.1) is 12.6 Å². The zero-order valence-corrected chi connectivity index (χ0v) is 15.4. The third kappa shape index (κ3) is 5.34. The molecule has 124 valence electrons. The minimum absolute atomic E-state index is 0. The van der Waals surface area contributed by atoms with Gasteiger partial charge >= 0.3 is 0 Å². The first-order valence-corrected chi connectivity index (χ1v) is 8.48. The van der Waals surface area contributed by atoms with Crippen molar-refractivity contribution in [3.8, 4) is 0 Å². The summed E-state index contributed by atoms with van der Waals surface area (Å²) < 4.78 is 0. The summed E-state index contributed by atoms with van der Waals surface area (Å²) in [5.41, 5.74) is 1.39. The number of likely N-dealkylation sites (tertiary alicyclic amines) is 1. The molecular formula is C16H25Cl2N3S. The second-order valence-electron chi connectivity index (χ2n) is 5.76. The predicted molar refractivity (Wildman–Crippen MR) is 102 cm³/mol. The lowest BCUT2D eigenvalue weighted by Crippen LogP contribution is -2.32. The maximum Gasteiger partial charge on any atom is 0.156 e. The number of rotatable bonds is 4. The zero-order valence-electron chi connectivity index (χ0n) is 12.9. The summed E-state index contributed by atoms with van der Waals surface area (Å²) in [6.45, 7) is 2.17. The van der Waals surface area contributed by atoms with Gasteiger partial charge < -0.3 is 10.2 Å². The van der Waals surface area contributed by atoms with Crippen LogP contribution >= 0.6 is 36.6 Å². The van der Waals surface area contributed by atoms with Gasteiger partial charge in [-0.3, -0.25) is 4.99 Å². The second-order valence-corrected chi connectivity index (χ2v) is 6.77. The van der Waals surface area contributed by atoms with Crippen LogP contribution in [0.25, 0.3) is 0 Å².